The van der Waals surface area contributed by atoms with E-state index in [9.17, 15) is 14.7 Å². The van der Waals surface area contributed by atoms with E-state index in [-0.39, 0.29) is 29.3 Å². The van der Waals surface area contributed by atoms with Gasteiger partial charge in [0.15, 0.2) is 0 Å². The minimum atomic E-state index is -1.10. The Balaban J connectivity index is 1.38. The number of carbonyl (C=O) groups excluding carboxylic acids is 1. The lowest BCUT2D eigenvalue weighted by atomic mass is 9.33. The lowest BCUT2D eigenvalue weighted by molar-refractivity contribution is -0.244. The average molecular weight is 541 g/mol. The number of aliphatic carboxylic acids is 1. The van der Waals surface area contributed by atoms with Crippen molar-refractivity contribution >= 4 is 11.9 Å². The summed E-state index contributed by atoms with van der Waals surface area (Å²) in [5.74, 6) is 3.19. The molecule has 0 spiro atoms. The summed E-state index contributed by atoms with van der Waals surface area (Å²) < 4.78 is 6.12. The van der Waals surface area contributed by atoms with Crippen molar-refractivity contribution in [2.45, 2.75) is 132 Å². The molecule has 220 valence electrons. The zero-order valence-electron chi connectivity index (χ0n) is 26.2. The third-order valence-corrected chi connectivity index (χ3v) is 14.3. The van der Waals surface area contributed by atoms with Crippen LogP contribution in [0.5, 0.6) is 0 Å². The van der Waals surface area contributed by atoms with Crippen molar-refractivity contribution in [1.82, 2.24) is 0 Å². The number of carbonyl (C=O) groups is 2. The Morgan fingerprint density at radius 3 is 2.18 bits per heavy atom. The predicted molar refractivity (Wildman–Crippen MR) is 156 cm³/mol. The van der Waals surface area contributed by atoms with E-state index in [4.69, 9.17) is 4.74 Å². The lowest BCUT2D eigenvalue weighted by Gasteiger charge is -2.72. The molecule has 5 aliphatic rings. The molecule has 8 unspecified atom stereocenters. The highest BCUT2D eigenvalue weighted by Crippen LogP contribution is 2.76. The number of rotatable bonds is 5. The smallest absolute Gasteiger partial charge is 0.309 e. The molecule has 0 heterocycles. The molecular formula is C35H56O4. The van der Waals surface area contributed by atoms with Gasteiger partial charge in [0.05, 0.1) is 11.8 Å². The van der Waals surface area contributed by atoms with E-state index in [2.05, 4.69) is 48.1 Å². The van der Waals surface area contributed by atoms with Crippen molar-refractivity contribution in [1.29, 1.82) is 0 Å². The minimum Gasteiger partial charge on any atom is -0.481 e. The summed E-state index contributed by atoms with van der Waals surface area (Å²) in [5, 5.41) is 9.50. The highest BCUT2D eigenvalue weighted by atomic mass is 16.5. The fraction of sp³-hybridized carbons (Fsp3) is 0.886. The SMILES string of the molecule is C=C(C)C1CCC2CC[C@]3(C)C(CCC4C3(C)CCC3C(C)(C)C(OC(=O)CC(C)(C)C(=O)O)CC[C@@]34C)C21. The molecular weight excluding hydrogens is 484 g/mol. The van der Waals surface area contributed by atoms with Crippen LogP contribution in [0.4, 0.5) is 0 Å². The molecule has 5 rings (SSSR count). The first-order valence-electron chi connectivity index (χ1n) is 16.1. The molecule has 0 aromatic rings. The van der Waals surface area contributed by atoms with E-state index in [1.54, 1.807) is 13.8 Å². The maximum atomic E-state index is 12.9. The van der Waals surface area contributed by atoms with Crippen LogP contribution in [-0.4, -0.2) is 23.1 Å². The van der Waals surface area contributed by atoms with Crippen LogP contribution in [0.3, 0.4) is 0 Å². The summed E-state index contributed by atoms with van der Waals surface area (Å²) in [6.07, 6.45) is 12.5. The number of hydrogen-bond donors (Lipinski definition) is 1. The Kier molecular flexibility index (Phi) is 6.99. The number of carboxylic acids is 1. The fourth-order valence-electron chi connectivity index (χ4n) is 12.0. The molecule has 0 aromatic heterocycles. The van der Waals surface area contributed by atoms with Gasteiger partial charge in [-0.15, -0.1) is 0 Å². The van der Waals surface area contributed by atoms with Crippen LogP contribution in [-0.2, 0) is 14.3 Å². The van der Waals surface area contributed by atoms with Gasteiger partial charge in [-0.1, -0.05) is 46.8 Å². The summed E-state index contributed by atoms with van der Waals surface area (Å²) in [6, 6.07) is 0. The molecule has 1 N–H and O–H groups in total. The maximum absolute atomic E-state index is 12.9. The summed E-state index contributed by atoms with van der Waals surface area (Å²) in [6.45, 7) is 22.6. The van der Waals surface area contributed by atoms with E-state index in [0.29, 0.717) is 22.7 Å². The summed E-state index contributed by atoms with van der Waals surface area (Å²) in [7, 11) is 0. The van der Waals surface area contributed by atoms with Gasteiger partial charge in [-0.3, -0.25) is 9.59 Å². The van der Waals surface area contributed by atoms with Gasteiger partial charge in [-0.25, -0.2) is 0 Å². The van der Waals surface area contributed by atoms with Gasteiger partial charge in [-0.2, -0.15) is 0 Å². The number of allylic oxidation sites excluding steroid dienone is 1. The second-order valence-electron chi connectivity index (χ2n) is 16.8. The van der Waals surface area contributed by atoms with Gasteiger partial charge in [-0.05, 0) is 137 Å². The molecule has 0 bridgehead atoms. The number of hydrogen-bond acceptors (Lipinski definition) is 3. The van der Waals surface area contributed by atoms with Gasteiger partial charge in [0.2, 0.25) is 0 Å². The highest BCUT2D eigenvalue weighted by Gasteiger charge is 2.69. The summed E-state index contributed by atoms with van der Waals surface area (Å²) in [4.78, 5) is 24.5. The molecule has 5 saturated carbocycles. The molecule has 0 amide bonds. The third kappa shape index (κ3) is 4.18. The van der Waals surface area contributed by atoms with Crippen LogP contribution in [0.15, 0.2) is 12.2 Å². The second-order valence-corrected chi connectivity index (χ2v) is 16.8. The molecule has 39 heavy (non-hydrogen) atoms. The Bertz CT molecular complexity index is 1030. The van der Waals surface area contributed by atoms with Crippen molar-refractivity contribution in [3.63, 3.8) is 0 Å². The maximum Gasteiger partial charge on any atom is 0.309 e. The number of esters is 1. The monoisotopic (exact) mass is 540 g/mol. The fourth-order valence-corrected chi connectivity index (χ4v) is 12.0. The molecule has 5 aliphatic carbocycles. The first-order valence-corrected chi connectivity index (χ1v) is 16.1. The average Bonchev–Trinajstić information content (AvgIpc) is 3.25. The molecule has 0 saturated heterocycles. The van der Waals surface area contributed by atoms with Crippen molar-refractivity contribution in [3.05, 3.63) is 12.2 Å². The van der Waals surface area contributed by atoms with E-state index < -0.39 is 11.4 Å². The Hall–Kier alpha value is -1.32. The Labute approximate surface area is 238 Å². The van der Waals surface area contributed by atoms with Crippen molar-refractivity contribution in [2.24, 2.45) is 62.6 Å². The normalized spacial score (nSPS) is 46.7. The van der Waals surface area contributed by atoms with Crippen molar-refractivity contribution in [2.75, 3.05) is 0 Å². The zero-order valence-corrected chi connectivity index (χ0v) is 26.2. The van der Waals surface area contributed by atoms with Crippen LogP contribution in [0, 0.1) is 62.6 Å². The molecule has 0 aliphatic heterocycles. The highest BCUT2D eigenvalue weighted by molar-refractivity contribution is 5.81. The zero-order chi connectivity index (χ0) is 28.8. The predicted octanol–water partition coefficient (Wildman–Crippen LogP) is 8.69. The van der Waals surface area contributed by atoms with Crippen LogP contribution in [0.1, 0.15) is 126 Å². The quantitative estimate of drug-likeness (QED) is 0.280. The van der Waals surface area contributed by atoms with E-state index in [0.717, 1.165) is 36.5 Å². The first-order chi connectivity index (χ1) is 18.0. The van der Waals surface area contributed by atoms with Crippen LogP contribution in [0.2, 0.25) is 0 Å². The van der Waals surface area contributed by atoms with E-state index >= 15 is 0 Å². The summed E-state index contributed by atoms with van der Waals surface area (Å²) >= 11 is 0. The number of fused-ring (bicyclic) bond motifs is 7. The first kappa shape index (κ1) is 29.2. The van der Waals surface area contributed by atoms with Gasteiger partial charge in [0, 0.05) is 5.41 Å². The Morgan fingerprint density at radius 1 is 0.872 bits per heavy atom. The number of ether oxygens (including phenoxy) is 1. The Morgan fingerprint density at radius 2 is 1.54 bits per heavy atom. The molecule has 4 nitrogen and oxygen atoms in total. The molecule has 4 heteroatoms. The van der Waals surface area contributed by atoms with Crippen LogP contribution >= 0.6 is 0 Å². The second kappa shape index (κ2) is 9.35. The van der Waals surface area contributed by atoms with E-state index in [1.165, 1.54) is 56.9 Å². The molecule has 10 atom stereocenters. The molecule has 5 fully saturated rings. The van der Waals surface area contributed by atoms with Gasteiger partial charge >= 0.3 is 11.9 Å². The minimum absolute atomic E-state index is 0.0787. The van der Waals surface area contributed by atoms with Crippen molar-refractivity contribution in [3.8, 4) is 0 Å². The summed E-state index contributed by atoms with van der Waals surface area (Å²) in [5.41, 5.74) is 1.18. The lowest BCUT2D eigenvalue weighted by Crippen LogP contribution is -2.66. The number of carboxylic acid groups (broad SMARTS) is 1. The molecule has 0 radical (unpaired) electrons. The topological polar surface area (TPSA) is 63.6 Å². The van der Waals surface area contributed by atoms with E-state index in [1.807, 2.05) is 0 Å². The van der Waals surface area contributed by atoms with Crippen LogP contribution in [0.25, 0.3) is 0 Å². The van der Waals surface area contributed by atoms with Crippen molar-refractivity contribution < 1.29 is 19.4 Å². The largest absolute Gasteiger partial charge is 0.481 e. The third-order valence-electron chi connectivity index (χ3n) is 14.3. The van der Waals surface area contributed by atoms with Gasteiger partial charge in [0.25, 0.3) is 0 Å². The van der Waals surface area contributed by atoms with Crippen LogP contribution < -0.4 is 0 Å². The van der Waals surface area contributed by atoms with Gasteiger partial charge in [0.1, 0.15) is 6.10 Å². The van der Waals surface area contributed by atoms with Gasteiger partial charge < -0.3 is 9.84 Å². The standard InChI is InChI=1S/C35H56O4/c1-21(2)23-11-10-22-14-18-34(8)24(29(22)23)12-13-26-33(7)17-16-27(39-28(36)20-31(3,4)30(37)38)32(5,6)25(33)15-19-35(26,34)9/h22-27,29H,1,10-20H2,2-9H3,(H,37,38)/t22?,23?,24?,25?,26?,27?,29?,33-,34+,35?/m0/s1. The molecule has 0 aromatic carbocycles.